The van der Waals surface area contributed by atoms with Gasteiger partial charge in [-0.2, -0.15) is 0 Å². The third kappa shape index (κ3) is 4.06. The number of hydrogen-bond donors (Lipinski definition) is 2. The van der Waals surface area contributed by atoms with Crippen LogP contribution in [0.3, 0.4) is 0 Å². The van der Waals surface area contributed by atoms with E-state index < -0.39 is 5.97 Å². The molecule has 1 aliphatic rings. The number of carboxylic acids is 1. The molecule has 0 aromatic carbocycles. The van der Waals surface area contributed by atoms with Crippen LogP contribution in [0.4, 0.5) is 4.79 Å². The standard InChI is InChI=1S/C10H19N3O3/c1-8(2)11-10(16)13-5-3-12(4-6-13)7-9(14)15/h8H,3-7H2,1-2H3,(H,11,16)(H,14,15). The van der Waals surface area contributed by atoms with E-state index in [-0.39, 0.29) is 18.6 Å². The van der Waals surface area contributed by atoms with Gasteiger partial charge in [0.1, 0.15) is 0 Å². The molecule has 0 bridgehead atoms. The minimum atomic E-state index is -0.819. The normalized spacial score (nSPS) is 17.6. The van der Waals surface area contributed by atoms with Crippen LogP contribution in [-0.4, -0.2) is 65.7 Å². The highest BCUT2D eigenvalue weighted by Gasteiger charge is 2.22. The first kappa shape index (κ1) is 12.8. The van der Waals surface area contributed by atoms with Gasteiger partial charge >= 0.3 is 12.0 Å². The maximum atomic E-state index is 11.6. The van der Waals surface area contributed by atoms with E-state index in [1.165, 1.54) is 0 Å². The van der Waals surface area contributed by atoms with Crippen molar-refractivity contribution in [3.63, 3.8) is 0 Å². The van der Waals surface area contributed by atoms with Crippen molar-refractivity contribution in [1.82, 2.24) is 15.1 Å². The number of nitrogens with one attached hydrogen (secondary N) is 1. The molecule has 6 nitrogen and oxygen atoms in total. The van der Waals surface area contributed by atoms with Gasteiger partial charge in [0.05, 0.1) is 6.54 Å². The second-order valence-electron chi connectivity index (χ2n) is 4.26. The van der Waals surface area contributed by atoms with Crippen molar-refractivity contribution in [3.8, 4) is 0 Å². The van der Waals surface area contributed by atoms with E-state index >= 15 is 0 Å². The number of carbonyl (C=O) groups excluding carboxylic acids is 1. The molecule has 1 saturated heterocycles. The van der Waals surface area contributed by atoms with Gasteiger partial charge in [-0.3, -0.25) is 9.69 Å². The van der Waals surface area contributed by atoms with Crippen molar-refractivity contribution < 1.29 is 14.7 Å². The summed E-state index contributed by atoms with van der Waals surface area (Å²) >= 11 is 0. The van der Waals surface area contributed by atoms with Crippen molar-refractivity contribution in [2.75, 3.05) is 32.7 Å². The van der Waals surface area contributed by atoms with Gasteiger partial charge in [-0.15, -0.1) is 0 Å². The van der Waals surface area contributed by atoms with E-state index in [2.05, 4.69) is 5.32 Å². The number of carboxylic acid groups (broad SMARTS) is 1. The number of rotatable bonds is 3. The molecular weight excluding hydrogens is 210 g/mol. The molecule has 1 rings (SSSR count). The molecule has 1 heterocycles. The quantitative estimate of drug-likeness (QED) is 0.703. The molecule has 0 aliphatic carbocycles. The molecule has 0 aromatic rings. The molecule has 2 N–H and O–H groups in total. The first-order valence-corrected chi connectivity index (χ1v) is 5.48. The van der Waals surface area contributed by atoms with Gasteiger partial charge in [0.25, 0.3) is 0 Å². The predicted octanol–water partition coefficient (Wildman–Crippen LogP) is -0.193. The number of hydrogen-bond acceptors (Lipinski definition) is 3. The van der Waals surface area contributed by atoms with Gasteiger partial charge in [-0.05, 0) is 13.8 Å². The second-order valence-corrected chi connectivity index (χ2v) is 4.26. The van der Waals surface area contributed by atoms with Crippen molar-refractivity contribution in [1.29, 1.82) is 0 Å². The van der Waals surface area contributed by atoms with Crippen LogP contribution < -0.4 is 5.32 Å². The van der Waals surface area contributed by atoms with Crippen LogP contribution in [-0.2, 0) is 4.79 Å². The highest BCUT2D eigenvalue weighted by molar-refractivity contribution is 5.74. The summed E-state index contributed by atoms with van der Waals surface area (Å²) in [6, 6.07) is 0.0644. The Hall–Kier alpha value is -1.30. The lowest BCUT2D eigenvalue weighted by molar-refractivity contribution is -0.138. The highest BCUT2D eigenvalue weighted by Crippen LogP contribution is 2.01. The Balaban J connectivity index is 2.31. The molecule has 92 valence electrons. The van der Waals surface area contributed by atoms with Crippen molar-refractivity contribution in [2.45, 2.75) is 19.9 Å². The van der Waals surface area contributed by atoms with E-state index in [0.29, 0.717) is 26.2 Å². The summed E-state index contributed by atoms with van der Waals surface area (Å²) in [5.74, 6) is -0.819. The SMILES string of the molecule is CC(C)NC(=O)N1CCN(CC(=O)O)CC1. The largest absolute Gasteiger partial charge is 0.480 e. The first-order valence-electron chi connectivity index (χ1n) is 5.48. The Morgan fingerprint density at radius 1 is 1.25 bits per heavy atom. The number of piperazine rings is 1. The Kier molecular flexibility index (Phi) is 4.54. The zero-order valence-electron chi connectivity index (χ0n) is 9.77. The van der Waals surface area contributed by atoms with Crippen LogP contribution in [0.15, 0.2) is 0 Å². The Bertz CT molecular complexity index is 260. The molecule has 0 radical (unpaired) electrons. The van der Waals surface area contributed by atoms with Crippen LogP contribution in [0.1, 0.15) is 13.8 Å². The average molecular weight is 229 g/mol. The summed E-state index contributed by atoms with van der Waals surface area (Å²) in [5.41, 5.74) is 0. The monoisotopic (exact) mass is 229 g/mol. The van der Waals surface area contributed by atoms with Gasteiger partial charge in [0.15, 0.2) is 0 Å². The smallest absolute Gasteiger partial charge is 0.317 e. The molecule has 16 heavy (non-hydrogen) atoms. The molecule has 0 spiro atoms. The van der Waals surface area contributed by atoms with E-state index in [1.807, 2.05) is 18.7 Å². The van der Waals surface area contributed by atoms with Gasteiger partial charge in [-0.1, -0.05) is 0 Å². The molecule has 1 fully saturated rings. The molecule has 2 amide bonds. The second kappa shape index (κ2) is 5.69. The Morgan fingerprint density at radius 3 is 2.25 bits per heavy atom. The first-order chi connectivity index (χ1) is 7.49. The molecule has 0 saturated carbocycles. The van der Waals surface area contributed by atoms with E-state index in [1.54, 1.807) is 4.90 Å². The topological polar surface area (TPSA) is 72.9 Å². The van der Waals surface area contributed by atoms with Crippen molar-refractivity contribution in [2.24, 2.45) is 0 Å². The van der Waals surface area contributed by atoms with Crippen LogP contribution in [0.2, 0.25) is 0 Å². The third-order valence-corrected chi connectivity index (χ3v) is 2.43. The zero-order chi connectivity index (χ0) is 12.1. The minimum Gasteiger partial charge on any atom is -0.480 e. The predicted molar refractivity (Wildman–Crippen MR) is 59.3 cm³/mol. The Labute approximate surface area is 95.2 Å². The number of aliphatic carboxylic acids is 1. The number of urea groups is 1. The summed E-state index contributed by atoms with van der Waals surface area (Å²) in [7, 11) is 0. The molecule has 0 aromatic heterocycles. The lowest BCUT2D eigenvalue weighted by Gasteiger charge is -2.34. The summed E-state index contributed by atoms with van der Waals surface area (Å²) in [6.45, 7) is 6.31. The van der Waals surface area contributed by atoms with Crippen LogP contribution in [0, 0.1) is 0 Å². The molecular formula is C10H19N3O3. The summed E-state index contributed by atoms with van der Waals surface area (Å²) in [5, 5.41) is 11.4. The van der Waals surface area contributed by atoms with Gasteiger partial charge < -0.3 is 15.3 Å². The van der Waals surface area contributed by atoms with Crippen molar-refractivity contribution in [3.05, 3.63) is 0 Å². The lowest BCUT2D eigenvalue weighted by Crippen LogP contribution is -2.53. The minimum absolute atomic E-state index is 0.0552. The van der Waals surface area contributed by atoms with Gasteiger partial charge in [0, 0.05) is 32.2 Å². The van der Waals surface area contributed by atoms with Gasteiger partial charge in [0.2, 0.25) is 0 Å². The van der Waals surface area contributed by atoms with Crippen LogP contribution in [0.25, 0.3) is 0 Å². The van der Waals surface area contributed by atoms with Crippen molar-refractivity contribution >= 4 is 12.0 Å². The fourth-order valence-electron chi connectivity index (χ4n) is 1.64. The summed E-state index contributed by atoms with van der Waals surface area (Å²) in [6.07, 6.45) is 0. The number of carbonyl (C=O) groups is 2. The van der Waals surface area contributed by atoms with E-state index in [4.69, 9.17) is 5.11 Å². The zero-order valence-corrected chi connectivity index (χ0v) is 9.77. The van der Waals surface area contributed by atoms with E-state index in [0.717, 1.165) is 0 Å². The third-order valence-electron chi connectivity index (χ3n) is 2.43. The molecule has 6 heteroatoms. The van der Waals surface area contributed by atoms with Crippen LogP contribution in [0.5, 0.6) is 0 Å². The number of nitrogens with zero attached hydrogens (tertiary/aromatic N) is 2. The van der Waals surface area contributed by atoms with Crippen LogP contribution >= 0.6 is 0 Å². The maximum absolute atomic E-state index is 11.6. The fraction of sp³-hybridized carbons (Fsp3) is 0.800. The maximum Gasteiger partial charge on any atom is 0.317 e. The van der Waals surface area contributed by atoms with Gasteiger partial charge in [-0.25, -0.2) is 4.79 Å². The average Bonchev–Trinajstić information content (AvgIpc) is 2.16. The molecule has 1 aliphatic heterocycles. The molecule has 0 unspecified atom stereocenters. The van der Waals surface area contributed by atoms with E-state index in [9.17, 15) is 9.59 Å². The highest BCUT2D eigenvalue weighted by atomic mass is 16.4. The molecule has 0 atom stereocenters. The summed E-state index contributed by atoms with van der Waals surface area (Å²) < 4.78 is 0. The number of amides is 2. The fourth-order valence-corrected chi connectivity index (χ4v) is 1.64. The summed E-state index contributed by atoms with van der Waals surface area (Å²) in [4.78, 5) is 25.7. The lowest BCUT2D eigenvalue weighted by atomic mass is 10.3. The Morgan fingerprint density at radius 2 is 1.81 bits per heavy atom.